The van der Waals surface area contributed by atoms with Gasteiger partial charge in [-0.05, 0) is 5.56 Å². The molecular formula is C15H18N4O4. The van der Waals surface area contributed by atoms with Crippen LogP contribution in [0.1, 0.15) is 11.4 Å². The molecule has 0 radical (unpaired) electrons. The van der Waals surface area contributed by atoms with E-state index in [9.17, 15) is 4.79 Å². The number of ether oxygens (including phenoxy) is 3. The average molecular weight is 318 g/mol. The summed E-state index contributed by atoms with van der Waals surface area (Å²) in [5, 5.41) is 2.66. The molecule has 0 spiro atoms. The molecule has 0 aliphatic carbocycles. The number of amides is 1. The fourth-order valence-corrected chi connectivity index (χ4v) is 1.70. The lowest BCUT2D eigenvalue weighted by molar-refractivity contribution is -0.126. The van der Waals surface area contributed by atoms with Crippen LogP contribution in [-0.2, 0) is 22.7 Å². The van der Waals surface area contributed by atoms with Crippen molar-refractivity contribution in [2.45, 2.75) is 13.2 Å². The molecule has 0 saturated carbocycles. The monoisotopic (exact) mass is 318 g/mol. The van der Waals surface area contributed by atoms with Crippen molar-refractivity contribution in [2.75, 3.05) is 20.8 Å². The molecule has 8 nitrogen and oxygen atoms in total. The standard InChI is InChI=1S/C15H18N4O4/c1-21-14-17-12(18-15(19-14)22-2)8-16-13(20)10-23-9-11-6-4-3-5-7-11/h3-7H,8-10H2,1-2H3,(H,16,20). The van der Waals surface area contributed by atoms with Crippen LogP contribution in [0.5, 0.6) is 12.0 Å². The van der Waals surface area contributed by atoms with Crippen molar-refractivity contribution in [3.05, 3.63) is 41.7 Å². The first-order chi connectivity index (χ1) is 11.2. The van der Waals surface area contributed by atoms with Gasteiger partial charge in [0.2, 0.25) is 5.91 Å². The molecule has 1 amide bonds. The second kappa shape index (κ2) is 8.64. The minimum Gasteiger partial charge on any atom is -0.467 e. The molecule has 23 heavy (non-hydrogen) atoms. The van der Waals surface area contributed by atoms with Gasteiger partial charge >= 0.3 is 12.0 Å². The molecule has 2 aromatic rings. The number of hydrogen-bond acceptors (Lipinski definition) is 7. The van der Waals surface area contributed by atoms with E-state index in [4.69, 9.17) is 14.2 Å². The predicted molar refractivity (Wildman–Crippen MR) is 80.9 cm³/mol. The molecule has 1 aromatic carbocycles. The van der Waals surface area contributed by atoms with Gasteiger partial charge in [-0.3, -0.25) is 4.79 Å². The molecule has 0 saturated heterocycles. The number of aromatic nitrogens is 3. The van der Waals surface area contributed by atoms with Crippen molar-refractivity contribution in [3.8, 4) is 12.0 Å². The minimum absolute atomic E-state index is 0.0474. The van der Waals surface area contributed by atoms with E-state index in [1.54, 1.807) is 0 Å². The number of hydrogen-bond donors (Lipinski definition) is 1. The van der Waals surface area contributed by atoms with Gasteiger partial charge in [-0.2, -0.15) is 9.97 Å². The van der Waals surface area contributed by atoms with Crippen LogP contribution < -0.4 is 14.8 Å². The lowest BCUT2D eigenvalue weighted by Gasteiger charge is -2.07. The van der Waals surface area contributed by atoms with Gasteiger partial charge in [0.1, 0.15) is 6.61 Å². The molecule has 1 heterocycles. The van der Waals surface area contributed by atoms with E-state index in [1.807, 2.05) is 30.3 Å². The maximum absolute atomic E-state index is 11.7. The number of nitrogens with one attached hydrogen (secondary N) is 1. The zero-order chi connectivity index (χ0) is 16.5. The van der Waals surface area contributed by atoms with Crippen molar-refractivity contribution in [1.29, 1.82) is 0 Å². The molecule has 2 rings (SSSR count). The Morgan fingerprint density at radius 2 is 1.70 bits per heavy atom. The second-order valence-corrected chi connectivity index (χ2v) is 4.48. The van der Waals surface area contributed by atoms with E-state index in [1.165, 1.54) is 14.2 Å². The van der Waals surface area contributed by atoms with Crippen molar-refractivity contribution >= 4 is 5.91 Å². The molecule has 8 heteroatoms. The highest BCUT2D eigenvalue weighted by atomic mass is 16.5. The van der Waals surface area contributed by atoms with Crippen molar-refractivity contribution in [2.24, 2.45) is 0 Å². The average Bonchev–Trinajstić information content (AvgIpc) is 2.60. The third kappa shape index (κ3) is 5.51. The normalized spacial score (nSPS) is 10.2. The van der Waals surface area contributed by atoms with Gasteiger partial charge in [0.25, 0.3) is 0 Å². The fourth-order valence-electron chi connectivity index (χ4n) is 1.70. The van der Waals surface area contributed by atoms with Crippen LogP contribution in [0.25, 0.3) is 0 Å². The Labute approximate surface area is 133 Å². The van der Waals surface area contributed by atoms with Crippen LogP contribution in [0.2, 0.25) is 0 Å². The summed E-state index contributed by atoms with van der Waals surface area (Å²) < 4.78 is 15.2. The first-order valence-electron chi connectivity index (χ1n) is 6.92. The minimum atomic E-state index is -0.265. The van der Waals surface area contributed by atoms with Crippen LogP contribution in [0.15, 0.2) is 30.3 Å². The Morgan fingerprint density at radius 3 is 2.30 bits per heavy atom. The zero-order valence-corrected chi connectivity index (χ0v) is 13.0. The van der Waals surface area contributed by atoms with Crippen LogP contribution in [0.4, 0.5) is 0 Å². The van der Waals surface area contributed by atoms with Crippen LogP contribution >= 0.6 is 0 Å². The molecular weight excluding hydrogens is 300 g/mol. The molecule has 1 aromatic heterocycles. The second-order valence-electron chi connectivity index (χ2n) is 4.48. The van der Waals surface area contributed by atoms with Crippen molar-refractivity contribution in [1.82, 2.24) is 20.3 Å². The van der Waals surface area contributed by atoms with Crippen LogP contribution in [0, 0.1) is 0 Å². The summed E-state index contributed by atoms with van der Waals surface area (Å²) in [6.07, 6.45) is 0. The van der Waals surface area contributed by atoms with E-state index in [2.05, 4.69) is 20.3 Å². The molecule has 122 valence electrons. The Kier molecular flexibility index (Phi) is 6.25. The van der Waals surface area contributed by atoms with Crippen LogP contribution in [-0.4, -0.2) is 41.7 Å². The summed E-state index contributed by atoms with van der Waals surface area (Å²) in [6, 6.07) is 9.87. The number of carbonyl (C=O) groups excluding carboxylic acids is 1. The molecule has 0 aliphatic rings. The number of methoxy groups -OCH3 is 2. The molecule has 0 atom stereocenters. The first kappa shape index (κ1) is 16.6. The SMILES string of the molecule is COc1nc(CNC(=O)COCc2ccccc2)nc(OC)n1. The molecule has 0 fully saturated rings. The Bertz CT molecular complexity index is 614. The third-order valence-electron chi connectivity index (χ3n) is 2.79. The number of rotatable bonds is 8. The first-order valence-corrected chi connectivity index (χ1v) is 6.92. The zero-order valence-electron chi connectivity index (χ0n) is 13.0. The Balaban J connectivity index is 1.78. The predicted octanol–water partition coefficient (Wildman–Crippen LogP) is 0.722. The Hall–Kier alpha value is -2.74. The van der Waals surface area contributed by atoms with Gasteiger partial charge in [-0.15, -0.1) is 4.98 Å². The lowest BCUT2D eigenvalue weighted by Crippen LogP contribution is -2.28. The fraction of sp³-hybridized carbons (Fsp3) is 0.333. The number of carbonyl (C=O) groups is 1. The summed E-state index contributed by atoms with van der Waals surface area (Å²) in [5.41, 5.74) is 1.01. The molecule has 0 aliphatic heterocycles. The van der Waals surface area contributed by atoms with Gasteiger partial charge in [0.05, 0.1) is 27.4 Å². The number of nitrogens with zero attached hydrogens (tertiary/aromatic N) is 3. The van der Waals surface area contributed by atoms with Crippen LogP contribution in [0.3, 0.4) is 0 Å². The molecule has 0 unspecified atom stereocenters. The van der Waals surface area contributed by atoms with Gasteiger partial charge in [0, 0.05) is 0 Å². The summed E-state index contributed by atoms with van der Waals surface area (Å²) in [4.78, 5) is 23.7. The van der Waals surface area contributed by atoms with Gasteiger partial charge in [-0.1, -0.05) is 30.3 Å². The van der Waals surface area contributed by atoms with E-state index in [0.717, 1.165) is 5.56 Å². The highest BCUT2D eigenvalue weighted by Gasteiger charge is 2.09. The summed E-state index contributed by atoms with van der Waals surface area (Å²) in [6.45, 7) is 0.457. The Morgan fingerprint density at radius 1 is 1.04 bits per heavy atom. The highest BCUT2D eigenvalue weighted by molar-refractivity contribution is 5.77. The molecule has 1 N–H and O–H groups in total. The third-order valence-corrected chi connectivity index (χ3v) is 2.79. The summed E-state index contributed by atoms with van der Waals surface area (Å²) in [5.74, 6) is 0.0735. The smallest absolute Gasteiger partial charge is 0.322 e. The summed E-state index contributed by atoms with van der Waals surface area (Å²) >= 11 is 0. The van der Waals surface area contributed by atoms with Gasteiger partial charge < -0.3 is 19.5 Å². The van der Waals surface area contributed by atoms with Crippen molar-refractivity contribution in [3.63, 3.8) is 0 Å². The summed E-state index contributed by atoms with van der Waals surface area (Å²) in [7, 11) is 2.88. The van der Waals surface area contributed by atoms with E-state index >= 15 is 0 Å². The maximum atomic E-state index is 11.7. The van der Waals surface area contributed by atoms with Gasteiger partial charge in [-0.25, -0.2) is 0 Å². The molecule has 0 bridgehead atoms. The highest BCUT2D eigenvalue weighted by Crippen LogP contribution is 2.08. The largest absolute Gasteiger partial charge is 0.467 e. The van der Waals surface area contributed by atoms with E-state index < -0.39 is 0 Å². The topological polar surface area (TPSA) is 95.5 Å². The lowest BCUT2D eigenvalue weighted by atomic mass is 10.2. The van der Waals surface area contributed by atoms with E-state index in [0.29, 0.717) is 12.4 Å². The maximum Gasteiger partial charge on any atom is 0.322 e. The number of benzene rings is 1. The van der Waals surface area contributed by atoms with E-state index in [-0.39, 0.29) is 31.1 Å². The van der Waals surface area contributed by atoms with Gasteiger partial charge in [0.15, 0.2) is 5.82 Å². The quantitative estimate of drug-likeness (QED) is 0.766. The van der Waals surface area contributed by atoms with Crippen molar-refractivity contribution < 1.29 is 19.0 Å².